The molecule has 0 aromatic carbocycles. The molecule has 0 aromatic rings. The Hall–Kier alpha value is -0.800. The topological polar surface area (TPSA) is 43.4 Å². The molecule has 1 saturated carbocycles. The minimum atomic E-state index is -1.31. The molecule has 2 atom stereocenters. The third-order valence-electron chi connectivity index (χ3n) is 2.60. The highest BCUT2D eigenvalue weighted by Gasteiger charge is 2.62. The summed E-state index contributed by atoms with van der Waals surface area (Å²) in [5.74, 6) is -1.21. The Kier molecular flexibility index (Phi) is 2.40. The van der Waals surface area contributed by atoms with Gasteiger partial charge in [0.1, 0.15) is 0 Å². The molecule has 3 nitrogen and oxygen atoms in total. The van der Waals surface area contributed by atoms with Crippen molar-refractivity contribution in [3.63, 3.8) is 0 Å². The van der Waals surface area contributed by atoms with E-state index in [0.29, 0.717) is 5.57 Å². The van der Waals surface area contributed by atoms with Crippen molar-refractivity contribution >= 4 is 35.0 Å². The lowest BCUT2D eigenvalue weighted by atomic mass is 9.72. The molecule has 0 bridgehead atoms. The number of carbonyl (C=O) groups excluding carboxylic acids is 2. The summed E-state index contributed by atoms with van der Waals surface area (Å²) in [4.78, 5) is 22.1. The number of Topliss-reactive ketones (excluding diaryl/α,β-unsaturated/α-hetero) is 1. The maximum Gasteiger partial charge on any atom is 0.307 e. The van der Waals surface area contributed by atoms with Crippen LogP contribution in [-0.4, -0.2) is 16.1 Å². The molecule has 0 aromatic heterocycles. The van der Waals surface area contributed by atoms with Gasteiger partial charge in [0.25, 0.3) is 0 Å². The summed E-state index contributed by atoms with van der Waals surface area (Å²) in [6.45, 7) is 1.29. The molecule has 2 unspecified atom stereocenters. The first-order valence-electron chi connectivity index (χ1n) is 4.42. The Morgan fingerprint density at radius 1 is 1.60 bits per heavy atom. The van der Waals surface area contributed by atoms with Crippen molar-refractivity contribution in [1.29, 1.82) is 0 Å². The molecule has 0 amide bonds. The zero-order valence-corrected chi connectivity index (χ0v) is 9.38. The Morgan fingerprint density at radius 3 is 2.87 bits per heavy atom. The number of esters is 1. The first kappa shape index (κ1) is 10.7. The van der Waals surface area contributed by atoms with E-state index in [9.17, 15) is 9.59 Å². The first-order chi connectivity index (χ1) is 6.94. The molecule has 2 aliphatic rings. The number of allylic oxidation sites excluding steroid dienone is 3. The number of carbonyl (C=O) groups is 2. The SMILES string of the molecule is CC(=O)O/C=C1/C=CC2C1C(=O)C2(Cl)Cl. The largest absolute Gasteiger partial charge is 0.434 e. The normalized spacial score (nSPS) is 33.8. The number of ether oxygens (including phenoxy) is 1. The van der Waals surface area contributed by atoms with E-state index in [4.69, 9.17) is 27.9 Å². The number of rotatable bonds is 1. The van der Waals surface area contributed by atoms with E-state index in [-0.39, 0.29) is 17.6 Å². The zero-order valence-electron chi connectivity index (χ0n) is 7.87. The van der Waals surface area contributed by atoms with Crippen molar-refractivity contribution in [3.8, 4) is 0 Å². The van der Waals surface area contributed by atoms with E-state index >= 15 is 0 Å². The summed E-state index contributed by atoms with van der Waals surface area (Å²) in [7, 11) is 0. The number of fused-ring (bicyclic) bond motifs is 1. The van der Waals surface area contributed by atoms with Gasteiger partial charge in [-0.15, -0.1) is 0 Å². The number of hydrogen-bond acceptors (Lipinski definition) is 3. The van der Waals surface area contributed by atoms with Crippen molar-refractivity contribution in [1.82, 2.24) is 0 Å². The Bertz CT molecular complexity index is 395. The van der Waals surface area contributed by atoms with Gasteiger partial charge < -0.3 is 4.74 Å². The van der Waals surface area contributed by atoms with E-state index in [2.05, 4.69) is 0 Å². The first-order valence-corrected chi connectivity index (χ1v) is 5.18. The predicted octanol–water partition coefficient (Wildman–Crippen LogP) is 1.99. The lowest BCUT2D eigenvalue weighted by molar-refractivity contribution is -0.136. The second-order valence-electron chi connectivity index (χ2n) is 3.58. The fourth-order valence-corrected chi connectivity index (χ4v) is 2.45. The molecule has 5 heteroatoms. The van der Waals surface area contributed by atoms with Crippen molar-refractivity contribution in [2.75, 3.05) is 0 Å². The third-order valence-corrected chi connectivity index (χ3v) is 3.48. The quantitative estimate of drug-likeness (QED) is 0.404. The maximum absolute atomic E-state index is 11.5. The summed E-state index contributed by atoms with van der Waals surface area (Å²) >= 11 is 11.6. The molecule has 0 saturated heterocycles. The summed E-state index contributed by atoms with van der Waals surface area (Å²) in [5, 5.41) is 0. The van der Waals surface area contributed by atoms with E-state index in [1.54, 1.807) is 12.2 Å². The Labute approximate surface area is 96.7 Å². The minimum absolute atomic E-state index is 0.199. The van der Waals surface area contributed by atoms with Crippen LogP contribution in [0.15, 0.2) is 24.0 Å². The van der Waals surface area contributed by atoms with Crippen LogP contribution in [0.3, 0.4) is 0 Å². The molecule has 0 N–H and O–H groups in total. The van der Waals surface area contributed by atoms with Gasteiger partial charge in [0.15, 0.2) is 10.1 Å². The van der Waals surface area contributed by atoms with Crippen molar-refractivity contribution in [3.05, 3.63) is 24.0 Å². The van der Waals surface area contributed by atoms with Crippen molar-refractivity contribution < 1.29 is 14.3 Å². The van der Waals surface area contributed by atoms with Crippen LogP contribution in [0.2, 0.25) is 0 Å². The molecule has 80 valence electrons. The lowest BCUT2D eigenvalue weighted by Crippen LogP contribution is -2.54. The van der Waals surface area contributed by atoms with Gasteiger partial charge >= 0.3 is 5.97 Å². The molecule has 0 aliphatic heterocycles. The number of hydrogen-bond donors (Lipinski definition) is 0. The maximum atomic E-state index is 11.5. The van der Waals surface area contributed by atoms with Crippen LogP contribution in [0.5, 0.6) is 0 Å². The second-order valence-corrected chi connectivity index (χ2v) is 4.96. The highest BCUT2D eigenvalue weighted by atomic mass is 35.5. The standard InChI is InChI=1S/C10H8Cl2O3/c1-5(13)15-4-6-2-3-7-8(6)9(14)10(7,11)12/h2-4,7-8H,1H3/b6-4-. The van der Waals surface area contributed by atoms with E-state index in [0.717, 1.165) is 0 Å². The molecule has 1 fully saturated rings. The van der Waals surface area contributed by atoms with E-state index in [1.165, 1.54) is 13.2 Å². The molecule has 2 aliphatic carbocycles. The van der Waals surface area contributed by atoms with Gasteiger partial charge in [-0.25, -0.2) is 0 Å². The third kappa shape index (κ3) is 1.50. The minimum Gasteiger partial charge on any atom is -0.434 e. The summed E-state index contributed by atoms with van der Waals surface area (Å²) < 4.78 is 3.39. The van der Waals surface area contributed by atoms with Gasteiger partial charge in [-0.3, -0.25) is 9.59 Å². The molecule has 0 heterocycles. The number of alkyl halides is 2. The van der Waals surface area contributed by atoms with E-state index in [1.807, 2.05) is 0 Å². The van der Waals surface area contributed by atoms with Crippen LogP contribution in [0.25, 0.3) is 0 Å². The number of halogens is 2. The average Bonchev–Trinajstić information content (AvgIpc) is 2.55. The second kappa shape index (κ2) is 3.35. The molecule has 15 heavy (non-hydrogen) atoms. The summed E-state index contributed by atoms with van der Waals surface area (Å²) in [5.41, 5.74) is 0.650. The van der Waals surface area contributed by atoms with Gasteiger partial charge in [0, 0.05) is 12.8 Å². The van der Waals surface area contributed by atoms with Gasteiger partial charge in [0.05, 0.1) is 12.2 Å². The predicted molar refractivity (Wildman–Crippen MR) is 55.4 cm³/mol. The molecule has 2 rings (SSSR count). The van der Waals surface area contributed by atoms with Crippen LogP contribution < -0.4 is 0 Å². The van der Waals surface area contributed by atoms with Crippen LogP contribution in [0, 0.1) is 11.8 Å². The van der Waals surface area contributed by atoms with Crippen molar-refractivity contribution in [2.24, 2.45) is 11.8 Å². The van der Waals surface area contributed by atoms with Gasteiger partial charge in [-0.05, 0) is 5.57 Å². The highest BCUT2D eigenvalue weighted by Crippen LogP contribution is 2.55. The van der Waals surface area contributed by atoms with Crippen LogP contribution in [0.4, 0.5) is 0 Å². The van der Waals surface area contributed by atoms with Crippen molar-refractivity contribution in [2.45, 2.75) is 11.3 Å². The zero-order chi connectivity index (χ0) is 11.2. The Morgan fingerprint density at radius 2 is 2.27 bits per heavy atom. The summed E-state index contributed by atoms with van der Waals surface area (Å²) in [6.07, 6.45) is 4.76. The number of ketones is 1. The molecular weight excluding hydrogens is 239 g/mol. The Balaban J connectivity index is 2.16. The van der Waals surface area contributed by atoms with Crippen LogP contribution in [0.1, 0.15) is 6.92 Å². The average molecular weight is 247 g/mol. The smallest absolute Gasteiger partial charge is 0.307 e. The fraction of sp³-hybridized carbons (Fsp3) is 0.400. The fourth-order valence-electron chi connectivity index (χ4n) is 1.82. The van der Waals surface area contributed by atoms with Crippen LogP contribution in [-0.2, 0) is 14.3 Å². The monoisotopic (exact) mass is 246 g/mol. The highest BCUT2D eigenvalue weighted by molar-refractivity contribution is 6.61. The van der Waals surface area contributed by atoms with Gasteiger partial charge in [0.2, 0.25) is 0 Å². The molecule has 0 radical (unpaired) electrons. The molecule has 0 spiro atoms. The van der Waals surface area contributed by atoms with E-state index < -0.39 is 10.3 Å². The van der Waals surface area contributed by atoms with Gasteiger partial charge in [-0.2, -0.15) is 0 Å². The van der Waals surface area contributed by atoms with Crippen LogP contribution >= 0.6 is 23.2 Å². The lowest BCUT2D eigenvalue weighted by Gasteiger charge is -2.41. The van der Waals surface area contributed by atoms with Gasteiger partial charge in [-0.1, -0.05) is 35.4 Å². The molecular formula is C10H8Cl2O3. The summed E-state index contributed by atoms with van der Waals surface area (Å²) in [6, 6.07) is 0.